The first kappa shape index (κ1) is 16.3. The largest absolute Gasteiger partial charge is 0.329 e. The number of hydrogen-bond donors (Lipinski definition) is 1. The van der Waals surface area contributed by atoms with Crippen molar-refractivity contribution in [3.8, 4) is 0 Å². The SMILES string of the molecule is CC1CCC(C(CN)N2CCC(CN(C)C)CC2)CC1. The van der Waals surface area contributed by atoms with Crippen molar-refractivity contribution in [3.63, 3.8) is 0 Å². The smallest absolute Gasteiger partial charge is 0.0246 e. The number of nitrogens with two attached hydrogens (primary N) is 1. The van der Waals surface area contributed by atoms with Crippen LogP contribution in [0, 0.1) is 17.8 Å². The molecule has 3 nitrogen and oxygen atoms in total. The van der Waals surface area contributed by atoms with Crippen LogP contribution >= 0.6 is 0 Å². The van der Waals surface area contributed by atoms with E-state index < -0.39 is 0 Å². The highest BCUT2D eigenvalue weighted by Gasteiger charge is 2.31. The first-order valence-corrected chi connectivity index (χ1v) is 8.69. The molecule has 1 saturated carbocycles. The molecule has 1 unspecified atom stereocenters. The fourth-order valence-corrected chi connectivity index (χ4v) is 4.29. The van der Waals surface area contributed by atoms with E-state index in [9.17, 15) is 0 Å². The summed E-state index contributed by atoms with van der Waals surface area (Å²) in [6, 6.07) is 0.655. The second kappa shape index (κ2) is 7.77. The Balaban J connectivity index is 1.81. The maximum Gasteiger partial charge on any atom is 0.0246 e. The van der Waals surface area contributed by atoms with Gasteiger partial charge in [-0.3, -0.25) is 4.90 Å². The first-order valence-electron chi connectivity index (χ1n) is 8.69. The third-order valence-corrected chi connectivity index (χ3v) is 5.59. The first-order chi connectivity index (χ1) is 9.60. The summed E-state index contributed by atoms with van der Waals surface area (Å²) in [5, 5.41) is 0. The van der Waals surface area contributed by atoms with Crippen molar-refractivity contribution in [1.29, 1.82) is 0 Å². The van der Waals surface area contributed by atoms with Crippen molar-refractivity contribution in [2.45, 2.75) is 51.5 Å². The summed E-state index contributed by atoms with van der Waals surface area (Å²) in [5.74, 6) is 2.70. The van der Waals surface area contributed by atoms with Crippen LogP contribution in [-0.4, -0.2) is 56.1 Å². The Morgan fingerprint density at radius 3 is 2.15 bits per heavy atom. The van der Waals surface area contributed by atoms with Crippen LogP contribution in [0.25, 0.3) is 0 Å². The van der Waals surface area contributed by atoms with Crippen LogP contribution < -0.4 is 5.73 Å². The number of nitrogens with zero attached hydrogens (tertiary/aromatic N) is 2. The normalized spacial score (nSPS) is 31.6. The van der Waals surface area contributed by atoms with Crippen molar-refractivity contribution in [3.05, 3.63) is 0 Å². The molecule has 0 bridgehead atoms. The Kier molecular flexibility index (Phi) is 6.31. The lowest BCUT2D eigenvalue weighted by Gasteiger charge is -2.43. The summed E-state index contributed by atoms with van der Waals surface area (Å²) in [5.41, 5.74) is 6.13. The summed E-state index contributed by atoms with van der Waals surface area (Å²) < 4.78 is 0. The maximum absolute atomic E-state index is 6.13. The molecule has 118 valence electrons. The second-order valence-electron chi connectivity index (χ2n) is 7.56. The molecule has 0 aromatic rings. The van der Waals surface area contributed by atoms with Crippen LogP contribution in [0.15, 0.2) is 0 Å². The van der Waals surface area contributed by atoms with Gasteiger partial charge in [0.1, 0.15) is 0 Å². The van der Waals surface area contributed by atoms with Crippen molar-refractivity contribution >= 4 is 0 Å². The van der Waals surface area contributed by atoms with E-state index in [1.54, 1.807) is 0 Å². The van der Waals surface area contributed by atoms with Crippen LogP contribution in [0.4, 0.5) is 0 Å². The fourth-order valence-electron chi connectivity index (χ4n) is 4.29. The molecule has 0 aromatic heterocycles. The molecule has 1 aliphatic carbocycles. The Hall–Kier alpha value is -0.120. The maximum atomic E-state index is 6.13. The lowest BCUT2D eigenvalue weighted by Crippen LogP contribution is -2.50. The van der Waals surface area contributed by atoms with Gasteiger partial charge < -0.3 is 10.6 Å². The number of rotatable bonds is 5. The summed E-state index contributed by atoms with van der Waals surface area (Å²) in [6.07, 6.45) is 8.35. The van der Waals surface area contributed by atoms with Gasteiger partial charge in [-0.15, -0.1) is 0 Å². The summed E-state index contributed by atoms with van der Waals surface area (Å²) >= 11 is 0. The molecule has 1 aliphatic heterocycles. The minimum Gasteiger partial charge on any atom is -0.329 e. The van der Waals surface area contributed by atoms with Crippen LogP contribution in [0.5, 0.6) is 0 Å². The van der Waals surface area contributed by atoms with E-state index in [-0.39, 0.29) is 0 Å². The van der Waals surface area contributed by atoms with E-state index in [0.717, 1.165) is 24.3 Å². The van der Waals surface area contributed by atoms with Crippen molar-refractivity contribution in [1.82, 2.24) is 9.80 Å². The summed E-state index contributed by atoms with van der Waals surface area (Å²) in [4.78, 5) is 5.05. The van der Waals surface area contributed by atoms with Gasteiger partial charge in [-0.2, -0.15) is 0 Å². The third-order valence-electron chi connectivity index (χ3n) is 5.59. The van der Waals surface area contributed by atoms with E-state index >= 15 is 0 Å². The molecule has 1 atom stereocenters. The van der Waals surface area contributed by atoms with Gasteiger partial charge in [-0.05, 0) is 70.6 Å². The third kappa shape index (κ3) is 4.44. The number of likely N-dealkylation sites (tertiary alicyclic amines) is 1. The van der Waals surface area contributed by atoms with Crippen molar-refractivity contribution < 1.29 is 0 Å². The molecule has 1 saturated heterocycles. The van der Waals surface area contributed by atoms with E-state index in [1.165, 1.54) is 58.2 Å². The van der Waals surface area contributed by atoms with E-state index in [0.29, 0.717) is 6.04 Å². The van der Waals surface area contributed by atoms with Crippen molar-refractivity contribution in [2.24, 2.45) is 23.5 Å². The van der Waals surface area contributed by atoms with E-state index in [4.69, 9.17) is 5.73 Å². The molecule has 1 heterocycles. The van der Waals surface area contributed by atoms with Crippen LogP contribution in [0.1, 0.15) is 45.4 Å². The van der Waals surface area contributed by atoms with Crippen LogP contribution in [-0.2, 0) is 0 Å². The van der Waals surface area contributed by atoms with Gasteiger partial charge in [0.05, 0.1) is 0 Å². The minimum atomic E-state index is 0.655. The average Bonchev–Trinajstić information content (AvgIpc) is 2.43. The zero-order valence-electron chi connectivity index (χ0n) is 13.9. The van der Waals surface area contributed by atoms with Gasteiger partial charge in [0.25, 0.3) is 0 Å². The number of hydrogen-bond acceptors (Lipinski definition) is 3. The summed E-state index contributed by atoms with van der Waals surface area (Å²) in [7, 11) is 4.39. The summed E-state index contributed by atoms with van der Waals surface area (Å²) in [6.45, 7) is 7.05. The topological polar surface area (TPSA) is 32.5 Å². The Bertz CT molecular complexity index is 263. The van der Waals surface area contributed by atoms with Gasteiger partial charge in [-0.25, -0.2) is 0 Å². The van der Waals surface area contributed by atoms with Crippen molar-refractivity contribution in [2.75, 3.05) is 40.3 Å². The lowest BCUT2D eigenvalue weighted by molar-refractivity contribution is 0.0718. The second-order valence-corrected chi connectivity index (χ2v) is 7.56. The standard InChI is InChI=1S/C17H35N3/c1-14-4-6-16(7-5-14)17(12-18)20-10-8-15(9-11-20)13-19(2)3/h14-17H,4-13,18H2,1-3H3. The molecule has 2 rings (SSSR count). The molecule has 0 spiro atoms. The van der Waals surface area contributed by atoms with E-state index in [1.807, 2.05) is 0 Å². The Labute approximate surface area is 125 Å². The molecule has 3 heteroatoms. The molecule has 20 heavy (non-hydrogen) atoms. The molecule has 0 amide bonds. The zero-order chi connectivity index (χ0) is 14.5. The Morgan fingerprint density at radius 1 is 1.05 bits per heavy atom. The quantitative estimate of drug-likeness (QED) is 0.840. The highest BCUT2D eigenvalue weighted by Crippen LogP contribution is 2.33. The predicted octanol–water partition coefficient (Wildman–Crippen LogP) is 2.41. The molecule has 2 N–H and O–H groups in total. The van der Waals surface area contributed by atoms with E-state index in [2.05, 4.69) is 30.8 Å². The lowest BCUT2D eigenvalue weighted by atomic mass is 9.78. The van der Waals surface area contributed by atoms with Gasteiger partial charge in [0, 0.05) is 19.1 Å². The zero-order valence-corrected chi connectivity index (χ0v) is 13.9. The molecule has 0 radical (unpaired) electrons. The molecular weight excluding hydrogens is 246 g/mol. The van der Waals surface area contributed by atoms with Gasteiger partial charge in [-0.1, -0.05) is 19.8 Å². The molecular formula is C17H35N3. The minimum absolute atomic E-state index is 0.655. The van der Waals surface area contributed by atoms with Gasteiger partial charge in [0.2, 0.25) is 0 Å². The predicted molar refractivity (Wildman–Crippen MR) is 86.8 cm³/mol. The highest BCUT2D eigenvalue weighted by atomic mass is 15.2. The average molecular weight is 281 g/mol. The number of piperidine rings is 1. The Morgan fingerprint density at radius 2 is 1.65 bits per heavy atom. The van der Waals surface area contributed by atoms with Crippen LogP contribution in [0.2, 0.25) is 0 Å². The molecule has 0 aromatic carbocycles. The molecule has 2 aliphatic rings. The molecule has 2 fully saturated rings. The monoisotopic (exact) mass is 281 g/mol. The van der Waals surface area contributed by atoms with Gasteiger partial charge >= 0.3 is 0 Å². The fraction of sp³-hybridized carbons (Fsp3) is 1.00. The van der Waals surface area contributed by atoms with Gasteiger partial charge in [0.15, 0.2) is 0 Å². The van der Waals surface area contributed by atoms with Crippen LogP contribution in [0.3, 0.4) is 0 Å². The highest BCUT2D eigenvalue weighted by molar-refractivity contribution is 4.86.